The molecule has 0 aromatic carbocycles. The molecule has 0 unspecified atom stereocenters. The predicted octanol–water partition coefficient (Wildman–Crippen LogP) is 2.32. The number of furan rings is 1. The number of rotatable bonds is 3. The minimum absolute atomic E-state index is 0.525. The van der Waals surface area contributed by atoms with Crippen LogP contribution in [0, 0.1) is 11.3 Å². The second kappa shape index (κ2) is 3.15. The molecule has 3 heteroatoms. The zero-order valence-corrected chi connectivity index (χ0v) is 8.19. The number of aliphatic carboxylic acids is 1. The first-order chi connectivity index (χ1) is 6.62. The highest BCUT2D eigenvalue weighted by Crippen LogP contribution is 2.47. The highest BCUT2D eigenvalue weighted by molar-refractivity contribution is 5.76. The van der Waals surface area contributed by atoms with E-state index in [0.717, 1.165) is 18.4 Å². The Bertz CT molecular complexity index is 320. The number of hydrogen-bond donors (Lipinski definition) is 1. The fourth-order valence-electron chi connectivity index (χ4n) is 2.45. The van der Waals surface area contributed by atoms with E-state index in [1.54, 1.807) is 12.5 Å². The molecule has 1 saturated carbocycles. The Balaban J connectivity index is 2.10. The molecule has 2 rings (SSSR count). The fraction of sp³-hybridized carbons (Fsp3) is 0.545. The molecule has 1 aliphatic rings. The fourth-order valence-corrected chi connectivity index (χ4v) is 2.45. The van der Waals surface area contributed by atoms with Crippen LogP contribution in [0.15, 0.2) is 23.0 Å². The van der Waals surface area contributed by atoms with Crippen LogP contribution in [0.25, 0.3) is 0 Å². The Morgan fingerprint density at radius 2 is 2.43 bits per heavy atom. The van der Waals surface area contributed by atoms with E-state index < -0.39 is 11.4 Å². The van der Waals surface area contributed by atoms with Crippen molar-refractivity contribution >= 4 is 5.97 Å². The standard InChI is InChI=1S/C11H14O3/c1-8-4-11(5-8,10(12)13)6-9-2-3-14-7-9/h2-3,7-8H,4-6H2,1H3,(H,12,13). The van der Waals surface area contributed by atoms with Crippen LogP contribution in [0.4, 0.5) is 0 Å². The lowest BCUT2D eigenvalue weighted by atomic mass is 9.60. The topological polar surface area (TPSA) is 50.4 Å². The lowest BCUT2D eigenvalue weighted by molar-refractivity contribution is -0.157. The van der Waals surface area contributed by atoms with Crippen molar-refractivity contribution in [1.29, 1.82) is 0 Å². The molecule has 1 aliphatic carbocycles. The number of carbonyl (C=O) groups is 1. The van der Waals surface area contributed by atoms with Crippen LogP contribution in [0.1, 0.15) is 25.3 Å². The number of hydrogen-bond acceptors (Lipinski definition) is 2. The molecule has 0 saturated heterocycles. The van der Waals surface area contributed by atoms with Gasteiger partial charge in [0.15, 0.2) is 0 Å². The van der Waals surface area contributed by atoms with Gasteiger partial charge >= 0.3 is 5.97 Å². The van der Waals surface area contributed by atoms with Crippen molar-refractivity contribution < 1.29 is 14.3 Å². The lowest BCUT2D eigenvalue weighted by Crippen LogP contribution is -2.44. The van der Waals surface area contributed by atoms with Crippen LogP contribution in [-0.4, -0.2) is 11.1 Å². The normalized spacial score (nSPS) is 31.1. The summed E-state index contributed by atoms with van der Waals surface area (Å²) in [5.74, 6) is -0.130. The molecule has 1 aromatic heterocycles. The lowest BCUT2D eigenvalue weighted by Gasteiger charge is -2.42. The quantitative estimate of drug-likeness (QED) is 0.803. The molecule has 1 aromatic rings. The van der Waals surface area contributed by atoms with Crippen LogP contribution < -0.4 is 0 Å². The van der Waals surface area contributed by atoms with E-state index in [9.17, 15) is 4.79 Å². The van der Waals surface area contributed by atoms with Gasteiger partial charge in [0, 0.05) is 0 Å². The maximum absolute atomic E-state index is 11.1. The van der Waals surface area contributed by atoms with Crippen molar-refractivity contribution in [3.63, 3.8) is 0 Å². The van der Waals surface area contributed by atoms with Gasteiger partial charge in [-0.05, 0) is 36.8 Å². The Labute approximate surface area is 82.7 Å². The van der Waals surface area contributed by atoms with E-state index in [1.807, 2.05) is 6.07 Å². The van der Waals surface area contributed by atoms with Crippen LogP contribution in [-0.2, 0) is 11.2 Å². The Morgan fingerprint density at radius 3 is 2.86 bits per heavy atom. The molecule has 1 fully saturated rings. The molecule has 14 heavy (non-hydrogen) atoms. The average molecular weight is 194 g/mol. The first-order valence-electron chi connectivity index (χ1n) is 4.87. The number of carboxylic acids is 1. The third kappa shape index (κ3) is 1.43. The molecule has 1 heterocycles. The third-order valence-electron chi connectivity index (χ3n) is 3.05. The summed E-state index contributed by atoms with van der Waals surface area (Å²) in [5, 5.41) is 9.17. The van der Waals surface area contributed by atoms with Gasteiger partial charge in [-0.25, -0.2) is 0 Å². The Morgan fingerprint density at radius 1 is 1.71 bits per heavy atom. The van der Waals surface area contributed by atoms with Gasteiger partial charge in [0.1, 0.15) is 0 Å². The van der Waals surface area contributed by atoms with Crippen LogP contribution in [0.2, 0.25) is 0 Å². The first-order valence-corrected chi connectivity index (χ1v) is 4.87. The number of carboxylic acid groups (broad SMARTS) is 1. The highest BCUT2D eigenvalue weighted by Gasteiger charge is 2.48. The molecule has 0 spiro atoms. The molecule has 0 bridgehead atoms. The molecular formula is C11H14O3. The second-order valence-corrected chi connectivity index (χ2v) is 4.41. The molecule has 3 nitrogen and oxygen atoms in total. The summed E-state index contributed by atoms with van der Waals surface area (Å²) in [4.78, 5) is 11.1. The van der Waals surface area contributed by atoms with E-state index in [-0.39, 0.29) is 0 Å². The van der Waals surface area contributed by atoms with Crippen molar-refractivity contribution in [1.82, 2.24) is 0 Å². The monoisotopic (exact) mass is 194 g/mol. The molecule has 1 N–H and O–H groups in total. The van der Waals surface area contributed by atoms with E-state index >= 15 is 0 Å². The van der Waals surface area contributed by atoms with E-state index in [1.165, 1.54) is 0 Å². The van der Waals surface area contributed by atoms with Crippen molar-refractivity contribution in [3.05, 3.63) is 24.2 Å². The summed E-state index contributed by atoms with van der Waals surface area (Å²) >= 11 is 0. The van der Waals surface area contributed by atoms with Crippen LogP contribution >= 0.6 is 0 Å². The molecule has 0 aliphatic heterocycles. The molecule has 0 atom stereocenters. The molecule has 0 amide bonds. The molecule has 0 radical (unpaired) electrons. The highest BCUT2D eigenvalue weighted by atomic mass is 16.4. The van der Waals surface area contributed by atoms with Gasteiger partial charge in [-0.2, -0.15) is 0 Å². The van der Waals surface area contributed by atoms with Crippen LogP contribution in [0.5, 0.6) is 0 Å². The Hall–Kier alpha value is -1.25. The maximum Gasteiger partial charge on any atom is 0.309 e. The third-order valence-corrected chi connectivity index (χ3v) is 3.05. The maximum atomic E-state index is 11.1. The summed E-state index contributed by atoms with van der Waals surface area (Å²) in [7, 11) is 0. The zero-order valence-electron chi connectivity index (χ0n) is 8.19. The molecular weight excluding hydrogens is 180 g/mol. The van der Waals surface area contributed by atoms with E-state index in [2.05, 4.69) is 6.92 Å². The zero-order chi connectivity index (χ0) is 10.2. The first kappa shape index (κ1) is 9.31. The minimum Gasteiger partial charge on any atom is -0.481 e. The Kier molecular flexibility index (Phi) is 2.10. The van der Waals surface area contributed by atoms with Crippen LogP contribution in [0.3, 0.4) is 0 Å². The largest absolute Gasteiger partial charge is 0.481 e. The predicted molar refractivity (Wildman–Crippen MR) is 50.9 cm³/mol. The van der Waals surface area contributed by atoms with Gasteiger partial charge in [0.25, 0.3) is 0 Å². The SMILES string of the molecule is CC1CC(Cc2ccoc2)(C(=O)O)C1. The van der Waals surface area contributed by atoms with Gasteiger partial charge in [-0.3, -0.25) is 4.79 Å². The van der Waals surface area contributed by atoms with Gasteiger partial charge in [0.2, 0.25) is 0 Å². The summed E-state index contributed by atoms with van der Waals surface area (Å²) < 4.78 is 4.94. The summed E-state index contributed by atoms with van der Waals surface area (Å²) in [6.07, 6.45) is 5.39. The second-order valence-electron chi connectivity index (χ2n) is 4.41. The van der Waals surface area contributed by atoms with Crippen molar-refractivity contribution in [2.24, 2.45) is 11.3 Å². The molecule has 76 valence electrons. The van der Waals surface area contributed by atoms with Gasteiger partial charge in [-0.1, -0.05) is 6.92 Å². The van der Waals surface area contributed by atoms with Gasteiger partial charge in [0.05, 0.1) is 17.9 Å². The summed E-state index contributed by atoms with van der Waals surface area (Å²) in [6.45, 7) is 2.09. The minimum atomic E-state index is -0.670. The van der Waals surface area contributed by atoms with Gasteiger partial charge in [-0.15, -0.1) is 0 Å². The summed E-state index contributed by atoms with van der Waals surface area (Å²) in [5.41, 5.74) is 0.461. The van der Waals surface area contributed by atoms with E-state index in [4.69, 9.17) is 9.52 Å². The van der Waals surface area contributed by atoms with Gasteiger partial charge < -0.3 is 9.52 Å². The summed E-state index contributed by atoms with van der Waals surface area (Å²) in [6, 6.07) is 1.84. The van der Waals surface area contributed by atoms with Crippen molar-refractivity contribution in [2.45, 2.75) is 26.2 Å². The van der Waals surface area contributed by atoms with Crippen molar-refractivity contribution in [3.8, 4) is 0 Å². The average Bonchev–Trinajstić information content (AvgIpc) is 2.53. The van der Waals surface area contributed by atoms with E-state index in [0.29, 0.717) is 12.3 Å². The smallest absolute Gasteiger partial charge is 0.309 e. The van der Waals surface area contributed by atoms with Crippen molar-refractivity contribution in [2.75, 3.05) is 0 Å².